The summed E-state index contributed by atoms with van der Waals surface area (Å²) in [5, 5.41) is 22.7. The van der Waals surface area contributed by atoms with Gasteiger partial charge in [0.15, 0.2) is 0 Å². The highest BCUT2D eigenvalue weighted by Gasteiger charge is 2.34. The van der Waals surface area contributed by atoms with Crippen LogP contribution in [0, 0.1) is 0 Å². The first-order valence-electron chi connectivity index (χ1n) is 4.44. The molecular weight excluding hydrogens is 166 g/mol. The van der Waals surface area contributed by atoms with E-state index >= 15 is 0 Å². The largest absolute Gasteiger partial charge is 0.508 e. The van der Waals surface area contributed by atoms with Crippen LogP contribution in [-0.4, -0.2) is 23.3 Å². The fourth-order valence-electron chi connectivity index (χ4n) is 1.78. The highest BCUT2D eigenvalue weighted by molar-refractivity contribution is 5.37. The number of rotatable bonds is 1. The second-order valence-electron chi connectivity index (χ2n) is 3.48. The summed E-state index contributed by atoms with van der Waals surface area (Å²) in [5.74, 6) is 0.175. The van der Waals surface area contributed by atoms with Gasteiger partial charge < -0.3 is 15.5 Å². The van der Waals surface area contributed by atoms with Crippen LogP contribution in [0.5, 0.6) is 5.75 Å². The zero-order valence-electron chi connectivity index (χ0n) is 7.33. The third-order valence-electron chi connectivity index (χ3n) is 2.54. The van der Waals surface area contributed by atoms with E-state index in [4.69, 9.17) is 0 Å². The topological polar surface area (TPSA) is 52.5 Å². The molecule has 1 aliphatic heterocycles. The van der Waals surface area contributed by atoms with Gasteiger partial charge in [-0.3, -0.25) is 0 Å². The Morgan fingerprint density at radius 2 is 2.08 bits per heavy atom. The number of hydrogen-bond donors (Lipinski definition) is 3. The van der Waals surface area contributed by atoms with Gasteiger partial charge in [-0.05, 0) is 19.0 Å². The van der Waals surface area contributed by atoms with Gasteiger partial charge in [0.05, 0.1) is 0 Å². The van der Waals surface area contributed by atoms with Gasteiger partial charge in [0, 0.05) is 12.1 Å². The number of β-amino-alcohol motifs (C(OH)–C–C–N with tert-alkyl or cyclic N) is 1. The van der Waals surface area contributed by atoms with Gasteiger partial charge in [-0.15, -0.1) is 0 Å². The molecule has 1 atom stereocenters. The molecule has 3 heteroatoms. The van der Waals surface area contributed by atoms with Crippen LogP contribution in [-0.2, 0) is 5.60 Å². The first-order valence-corrected chi connectivity index (χ1v) is 4.44. The SMILES string of the molecule is Oc1ccccc1C1(O)CCNC1. The molecule has 1 heterocycles. The molecule has 3 N–H and O–H groups in total. The second-order valence-corrected chi connectivity index (χ2v) is 3.48. The van der Waals surface area contributed by atoms with Crippen molar-refractivity contribution in [1.29, 1.82) is 0 Å². The molecule has 0 aliphatic carbocycles. The zero-order valence-corrected chi connectivity index (χ0v) is 7.33. The lowest BCUT2D eigenvalue weighted by Crippen LogP contribution is -2.28. The fourth-order valence-corrected chi connectivity index (χ4v) is 1.78. The van der Waals surface area contributed by atoms with Gasteiger partial charge in [-0.1, -0.05) is 18.2 Å². The third-order valence-corrected chi connectivity index (χ3v) is 2.54. The lowest BCUT2D eigenvalue weighted by atomic mass is 9.92. The Hall–Kier alpha value is -1.06. The van der Waals surface area contributed by atoms with E-state index in [-0.39, 0.29) is 5.75 Å². The van der Waals surface area contributed by atoms with Gasteiger partial charge >= 0.3 is 0 Å². The van der Waals surface area contributed by atoms with E-state index in [1.165, 1.54) is 0 Å². The summed E-state index contributed by atoms with van der Waals surface area (Å²) in [6.45, 7) is 1.31. The third kappa shape index (κ3) is 1.41. The van der Waals surface area contributed by atoms with Crippen molar-refractivity contribution in [3.05, 3.63) is 29.8 Å². The Bertz CT molecular complexity index is 306. The molecule has 1 saturated heterocycles. The minimum Gasteiger partial charge on any atom is -0.508 e. The van der Waals surface area contributed by atoms with Crippen molar-refractivity contribution in [2.45, 2.75) is 12.0 Å². The van der Waals surface area contributed by atoms with Gasteiger partial charge in [-0.2, -0.15) is 0 Å². The molecule has 70 valence electrons. The summed E-state index contributed by atoms with van der Waals surface area (Å²) < 4.78 is 0. The van der Waals surface area contributed by atoms with Crippen LogP contribution in [0.1, 0.15) is 12.0 Å². The standard InChI is InChI=1S/C10H13NO2/c12-9-4-2-1-3-8(9)10(13)5-6-11-7-10/h1-4,11-13H,5-7H2. The number of nitrogens with one attached hydrogen (secondary N) is 1. The lowest BCUT2D eigenvalue weighted by Gasteiger charge is -2.22. The molecule has 0 saturated carbocycles. The summed E-state index contributed by atoms with van der Waals surface area (Å²) in [6.07, 6.45) is 0.657. The second kappa shape index (κ2) is 3.01. The van der Waals surface area contributed by atoms with Crippen molar-refractivity contribution in [3.8, 4) is 5.75 Å². The monoisotopic (exact) mass is 179 g/mol. The minimum atomic E-state index is -0.884. The Kier molecular flexibility index (Phi) is 1.98. The van der Waals surface area contributed by atoms with Crippen molar-refractivity contribution in [2.24, 2.45) is 0 Å². The summed E-state index contributed by atoms with van der Waals surface area (Å²) in [4.78, 5) is 0. The normalized spacial score (nSPS) is 27.8. The maximum atomic E-state index is 10.1. The highest BCUT2D eigenvalue weighted by atomic mass is 16.3. The number of para-hydroxylation sites is 1. The fraction of sp³-hybridized carbons (Fsp3) is 0.400. The summed E-state index contributed by atoms with van der Waals surface area (Å²) >= 11 is 0. The molecule has 1 aliphatic rings. The van der Waals surface area contributed by atoms with Gasteiger partial charge in [0.1, 0.15) is 11.4 Å². The van der Waals surface area contributed by atoms with E-state index < -0.39 is 5.60 Å². The molecule has 0 aromatic heterocycles. The molecule has 0 amide bonds. The molecule has 0 radical (unpaired) electrons. The Labute approximate surface area is 77.0 Å². The number of hydrogen-bond acceptors (Lipinski definition) is 3. The summed E-state index contributed by atoms with van der Waals surface area (Å²) in [5.41, 5.74) is -0.259. The highest BCUT2D eigenvalue weighted by Crippen LogP contribution is 2.33. The van der Waals surface area contributed by atoms with E-state index in [2.05, 4.69) is 5.32 Å². The molecule has 3 nitrogen and oxygen atoms in total. The Morgan fingerprint density at radius 1 is 1.31 bits per heavy atom. The maximum absolute atomic E-state index is 10.1. The summed E-state index contributed by atoms with van der Waals surface area (Å²) in [7, 11) is 0. The molecule has 0 spiro atoms. The van der Waals surface area contributed by atoms with E-state index in [9.17, 15) is 10.2 Å². The number of benzene rings is 1. The smallest absolute Gasteiger partial charge is 0.121 e. The van der Waals surface area contributed by atoms with Gasteiger partial charge in [0.2, 0.25) is 0 Å². The van der Waals surface area contributed by atoms with Crippen molar-refractivity contribution >= 4 is 0 Å². The van der Waals surface area contributed by atoms with Crippen LogP contribution in [0.15, 0.2) is 24.3 Å². The van der Waals surface area contributed by atoms with Crippen molar-refractivity contribution < 1.29 is 10.2 Å². The van der Waals surface area contributed by atoms with E-state index in [0.29, 0.717) is 18.5 Å². The number of aliphatic hydroxyl groups is 1. The molecule has 1 aromatic carbocycles. The first-order chi connectivity index (χ1) is 6.22. The van der Waals surface area contributed by atoms with E-state index in [1.807, 2.05) is 6.07 Å². The minimum absolute atomic E-state index is 0.175. The van der Waals surface area contributed by atoms with Crippen LogP contribution in [0.25, 0.3) is 0 Å². The maximum Gasteiger partial charge on any atom is 0.121 e. The van der Waals surface area contributed by atoms with Gasteiger partial charge in [-0.25, -0.2) is 0 Å². The molecule has 1 aromatic rings. The number of phenols is 1. The summed E-state index contributed by atoms with van der Waals surface area (Å²) in [6, 6.07) is 6.95. The molecule has 1 fully saturated rings. The van der Waals surface area contributed by atoms with Crippen molar-refractivity contribution in [2.75, 3.05) is 13.1 Å². The zero-order chi connectivity index (χ0) is 9.31. The molecular formula is C10H13NO2. The Morgan fingerprint density at radius 3 is 2.69 bits per heavy atom. The van der Waals surface area contributed by atoms with Crippen LogP contribution in [0.3, 0.4) is 0 Å². The van der Waals surface area contributed by atoms with Crippen molar-refractivity contribution in [1.82, 2.24) is 5.32 Å². The van der Waals surface area contributed by atoms with Crippen LogP contribution < -0.4 is 5.32 Å². The van der Waals surface area contributed by atoms with E-state index in [1.54, 1.807) is 18.2 Å². The molecule has 0 bridgehead atoms. The van der Waals surface area contributed by atoms with E-state index in [0.717, 1.165) is 6.54 Å². The molecule has 13 heavy (non-hydrogen) atoms. The van der Waals surface area contributed by atoms with Crippen LogP contribution in [0.2, 0.25) is 0 Å². The average molecular weight is 179 g/mol. The predicted octanol–water partition coefficient (Wildman–Crippen LogP) is 0.573. The Balaban J connectivity index is 2.39. The quantitative estimate of drug-likeness (QED) is 0.591. The number of phenolic OH excluding ortho intramolecular Hbond substituents is 1. The van der Waals surface area contributed by atoms with Crippen LogP contribution >= 0.6 is 0 Å². The predicted molar refractivity (Wildman–Crippen MR) is 49.5 cm³/mol. The van der Waals surface area contributed by atoms with Gasteiger partial charge in [0.25, 0.3) is 0 Å². The molecule has 1 unspecified atom stereocenters. The average Bonchev–Trinajstić information content (AvgIpc) is 2.54. The molecule has 2 rings (SSSR count). The van der Waals surface area contributed by atoms with Crippen molar-refractivity contribution in [3.63, 3.8) is 0 Å². The lowest BCUT2D eigenvalue weighted by molar-refractivity contribution is 0.0562. The van der Waals surface area contributed by atoms with Crippen LogP contribution in [0.4, 0.5) is 0 Å². The first kappa shape index (κ1) is 8.53. The number of aromatic hydroxyl groups is 1.